The fraction of sp³-hybridized carbons (Fsp3) is 0.0556. The lowest BCUT2D eigenvalue weighted by Crippen LogP contribution is -1.92. The van der Waals surface area contributed by atoms with Crippen molar-refractivity contribution < 1.29 is 9.13 Å². The first kappa shape index (κ1) is 14.5. The molecule has 0 heterocycles. The molecule has 2 aromatic rings. The van der Waals surface area contributed by atoms with Gasteiger partial charge in [-0.1, -0.05) is 43.0 Å². The molecule has 0 aliphatic rings. The minimum absolute atomic E-state index is 0.285. The number of allylic oxidation sites excluding steroid dienone is 1. The molecule has 0 aliphatic carbocycles. The second kappa shape index (κ2) is 7.06. The molecule has 2 rings (SSSR count). The number of hydrogen-bond donors (Lipinski definition) is 0. The molecule has 0 fully saturated rings. The van der Waals surface area contributed by atoms with Crippen LogP contribution in [0.25, 0.3) is 11.6 Å². The Balaban J connectivity index is 2.27. The molecular formula is C18H14FNO. The van der Waals surface area contributed by atoms with E-state index in [9.17, 15) is 9.65 Å². The zero-order chi connectivity index (χ0) is 15.1. The summed E-state index contributed by atoms with van der Waals surface area (Å²) in [5.74, 6) is 0.313. The highest BCUT2D eigenvalue weighted by Gasteiger charge is 2.06. The van der Waals surface area contributed by atoms with Crippen molar-refractivity contribution in [2.24, 2.45) is 0 Å². The quantitative estimate of drug-likeness (QED) is 0.460. The topological polar surface area (TPSA) is 33.0 Å². The molecule has 0 saturated heterocycles. The van der Waals surface area contributed by atoms with E-state index in [1.807, 2.05) is 18.2 Å². The maximum absolute atomic E-state index is 13.7. The highest BCUT2D eigenvalue weighted by molar-refractivity contribution is 5.89. The highest BCUT2D eigenvalue weighted by Crippen LogP contribution is 2.21. The van der Waals surface area contributed by atoms with Crippen LogP contribution in [0.2, 0.25) is 0 Å². The average molecular weight is 279 g/mol. The average Bonchev–Trinajstić information content (AvgIpc) is 2.52. The molecule has 0 aliphatic heterocycles. The van der Waals surface area contributed by atoms with Gasteiger partial charge in [-0.25, -0.2) is 4.39 Å². The summed E-state index contributed by atoms with van der Waals surface area (Å²) in [6, 6.07) is 15.5. The standard InChI is InChI=1S/C18H14FNO/c1-2-11-21-16-9-7-14(8-10-16)12-15(13-20)17-5-3-4-6-18(17)19/h2-10,12H,1,11H2. The molecular weight excluding hydrogens is 265 g/mol. The van der Waals surface area contributed by atoms with Gasteiger partial charge in [0.15, 0.2) is 0 Å². The monoisotopic (exact) mass is 279 g/mol. The predicted molar refractivity (Wildman–Crippen MR) is 82.0 cm³/mol. The molecule has 0 unspecified atom stereocenters. The Bertz CT molecular complexity index is 696. The van der Waals surface area contributed by atoms with Crippen molar-refractivity contribution in [1.29, 1.82) is 5.26 Å². The second-order valence-electron chi connectivity index (χ2n) is 4.32. The van der Waals surface area contributed by atoms with Crippen LogP contribution in [0, 0.1) is 17.1 Å². The molecule has 3 heteroatoms. The Morgan fingerprint density at radius 1 is 1.19 bits per heavy atom. The van der Waals surface area contributed by atoms with Gasteiger partial charge in [-0.15, -0.1) is 0 Å². The second-order valence-corrected chi connectivity index (χ2v) is 4.32. The van der Waals surface area contributed by atoms with Gasteiger partial charge in [0.2, 0.25) is 0 Å². The summed E-state index contributed by atoms with van der Waals surface area (Å²) in [6.45, 7) is 4.02. The fourth-order valence-corrected chi connectivity index (χ4v) is 1.83. The van der Waals surface area contributed by atoms with Gasteiger partial charge in [0.1, 0.15) is 18.2 Å². The van der Waals surface area contributed by atoms with Crippen LogP contribution in [0.4, 0.5) is 4.39 Å². The first-order valence-electron chi connectivity index (χ1n) is 6.45. The maximum atomic E-state index is 13.7. The highest BCUT2D eigenvalue weighted by atomic mass is 19.1. The molecule has 0 atom stereocenters. The van der Waals surface area contributed by atoms with Crippen LogP contribution in [-0.4, -0.2) is 6.61 Å². The molecule has 104 valence electrons. The summed E-state index contributed by atoms with van der Waals surface area (Å²) < 4.78 is 19.1. The van der Waals surface area contributed by atoms with Gasteiger partial charge in [0.05, 0.1) is 11.6 Å². The summed E-state index contributed by atoms with van der Waals surface area (Å²) in [4.78, 5) is 0. The molecule has 2 nitrogen and oxygen atoms in total. The predicted octanol–water partition coefficient (Wildman–Crippen LogP) is 4.45. The van der Waals surface area contributed by atoms with Gasteiger partial charge in [0, 0.05) is 5.56 Å². The largest absolute Gasteiger partial charge is 0.490 e. The molecule has 2 aromatic carbocycles. The van der Waals surface area contributed by atoms with Crippen molar-refractivity contribution in [1.82, 2.24) is 0 Å². The van der Waals surface area contributed by atoms with Crippen molar-refractivity contribution >= 4 is 11.6 Å². The van der Waals surface area contributed by atoms with E-state index < -0.39 is 5.82 Å². The smallest absolute Gasteiger partial charge is 0.131 e. The van der Waals surface area contributed by atoms with Gasteiger partial charge in [-0.05, 0) is 29.8 Å². The van der Waals surface area contributed by atoms with Gasteiger partial charge < -0.3 is 4.74 Å². The molecule has 0 bridgehead atoms. The van der Waals surface area contributed by atoms with Crippen molar-refractivity contribution in [3.05, 3.63) is 78.1 Å². The summed E-state index contributed by atoms with van der Waals surface area (Å²) in [5, 5.41) is 9.22. The molecule has 0 spiro atoms. The first-order valence-corrected chi connectivity index (χ1v) is 6.45. The lowest BCUT2D eigenvalue weighted by molar-refractivity contribution is 0.363. The molecule has 0 aromatic heterocycles. The molecule has 0 radical (unpaired) electrons. The molecule has 0 amide bonds. The zero-order valence-electron chi connectivity index (χ0n) is 11.4. The van der Waals surface area contributed by atoms with Crippen molar-refractivity contribution in [3.8, 4) is 11.8 Å². The summed E-state index contributed by atoms with van der Waals surface area (Å²) in [5.41, 5.74) is 1.39. The third-order valence-electron chi connectivity index (χ3n) is 2.84. The van der Waals surface area contributed by atoms with Crippen molar-refractivity contribution in [2.45, 2.75) is 0 Å². The first-order chi connectivity index (χ1) is 10.2. The van der Waals surface area contributed by atoms with E-state index >= 15 is 0 Å². The Morgan fingerprint density at radius 2 is 1.90 bits per heavy atom. The normalized spacial score (nSPS) is 10.8. The van der Waals surface area contributed by atoms with Crippen molar-refractivity contribution in [3.63, 3.8) is 0 Å². The van der Waals surface area contributed by atoms with Gasteiger partial charge in [0.25, 0.3) is 0 Å². The van der Waals surface area contributed by atoms with E-state index in [0.29, 0.717) is 12.2 Å². The SMILES string of the molecule is C=CCOc1ccc(C=C(C#N)c2ccccc2F)cc1. The lowest BCUT2D eigenvalue weighted by Gasteiger charge is -2.04. The third-order valence-corrected chi connectivity index (χ3v) is 2.84. The number of rotatable bonds is 5. The fourth-order valence-electron chi connectivity index (χ4n) is 1.83. The maximum Gasteiger partial charge on any atom is 0.131 e. The zero-order valence-corrected chi connectivity index (χ0v) is 11.4. The van der Waals surface area contributed by atoms with Crippen LogP contribution < -0.4 is 4.74 Å². The molecule has 0 saturated carbocycles. The van der Waals surface area contributed by atoms with E-state index in [-0.39, 0.29) is 5.57 Å². The molecule has 21 heavy (non-hydrogen) atoms. The van der Waals surface area contributed by atoms with Gasteiger partial charge >= 0.3 is 0 Å². The third kappa shape index (κ3) is 3.80. The van der Waals surface area contributed by atoms with Crippen LogP contribution >= 0.6 is 0 Å². The van der Waals surface area contributed by atoms with E-state index in [1.165, 1.54) is 6.07 Å². The van der Waals surface area contributed by atoms with Crippen LogP contribution in [-0.2, 0) is 0 Å². The summed E-state index contributed by atoms with van der Waals surface area (Å²) in [7, 11) is 0. The van der Waals surface area contributed by atoms with Crippen molar-refractivity contribution in [2.75, 3.05) is 6.61 Å². The number of hydrogen-bond acceptors (Lipinski definition) is 2. The lowest BCUT2D eigenvalue weighted by atomic mass is 10.0. The van der Waals surface area contributed by atoms with Gasteiger partial charge in [-0.3, -0.25) is 0 Å². The van der Waals surface area contributed by atoms with E-state index in [1.54, 1.807) is 42.5 Å². The van der Waals surface area contributed by atoms with E-state index in [0.717, 1.165) is 11.3 Å². The number of nitriles is 1. The Labute approximate surface area is 123 Å². The van der Waals surface area contributed by atoms with Crippen LogP contribution in [0.1, 0.15) is 11.1 Å². The van der Waals surface area contributed by atoms with Crippen LogP contribution in [0.5, 0.6) is 5.75 Å². The van der Waals surface area contributed by atoms with Crippen LogP contribution in [0.3, 0.4) is 0 Å². The number of benzene rings is 2. The number of nitrogens with zero attached hydrogens (tertiary/aromatic N) is 1. The Kier molecular flexibility index (Phi) is 4.89. The Hall–Kier alpha value is -2.86. The van der Waals surface area contributed by atoms with E-state index in [4.69, 9.17) is 4.74 Å². The number of ether oxygens (including phenoxy) is 1. The Morgan fingerprint density at radius 3 is 2.52 bits per heavy atom. The van der Waals surface area contributed by atoms with Gasteiger partial charge in [-0.2, -0.15) is 5.26 Å². The van der Waals surface area contributed by atoms with E-state index in [2.05, 4.69) is 6.58 Å². The van der Waals surface area contributed by atoms with Crippen LogP contribution in [0.15, 0.2) is 61.2 Å². The number of halogens is 1. The molecule has 0 N–H and O–H groups in total. The minimum atomic E-state index is -0.406. The summed E-state index contributed by atoms with van der Waals surface area (Å²) >= 11 is 0. The minimum Gasteiger partial charge on any atom is -0.490 e. The summed E-state index contributed by atoms with van der Waals surface area (Å²) in [6.07, 6.45) is 3.31.